The van der Waals surface area contributed by atoms with E-state index in [9.17, 15) is 14.0 Å². The van der Waals surface area contributed by atoms with Gasteiger partial charge in [-0.25, -0.2) is 9.37 Å². The number of aryl methyl sites for hydroxylation is 1. The average molecular weight is 391 g/mol. The van der Waals surface area contributed by atoms with E-state index in [0.29, 0.717) is 28.2 Å². The van der Waals surface area contributed by atoms with Gasteiger partial charge in [-0.1, -0.05) is 12.1 Å². The highest BCUT2D eigenvalue weighted by Crippen LogP contribution is 2.43. The van der Waals surface area contributed by atoms with Crippen LogP contribution in [0.15, 0.2) is 47.3 Å². The minimum atomic E-state index is -0.219. The third-order valence-corrected chi connectivity index (χ3v) is 6.38. The van der Waals surface area contributed by atoms with E-state index in [1.807, 2.05) is 17.0 Å². The lowest BCUT2D eigenvalue weighted by atomic mass is 9.85. The molecule has 2 aliphatic rings. The number of nitrogens with zero attached hydrogens (tertiary/aromatic N) is 2. The largest absolute Gasteiger partial charge is 0.333 e. The van der Waals surface area contributed by atoms with Crippen LogP contribution in [0.25, 0.3) is 10.9 Å². The topological polar surface area (TPSA) is 66.1 Å². The number of aromatic nitrogens is 2. The average Bonchev–Trinajstić information content (AvgIpc) is 2.96. The Morgan fingerprint density at radius 3 is 2.48 bits per heavy atom. The van der Waals surface area contributed by atoms with Crippen LogP contribution < -0.4 is 5.56 Å². The van der Waals surface area contributed by atoms with Crippen LogP contribution in [0.3, 0.4) is 0 Å². The number of halogens is 1. The molecule has 29 heavy (non-hydrogen) atoms. The first-order valence-corrected chi connectivity index (χ1v) is 10.1. The predicted octanol–water partition coefficient (Wildman–Crippen LogP) is 3.92. The number of H-pyrrole nitrogens is 1. The van der Waals surface area contributed by atoms with Crippen LogP contribution in [0.2, 0.25) is 0 Å². The molecule has 3 aromatic rings. The van der Waals surface area contributed by atoms with Crippen molar-refractivity contribution < 1.29 is 9.18 Å². The molecule has 0 radical (unpaired) electrons. The number of nitrogens with one attached hydrogen (secondary N) is 1. The van der Waals surface area contributed by atoms with E-state index < -0.39 is 0 Å². The smallest absolute Gasteiger partial charge is 0.258 e. The molecule has 2 fully saturated rings. The predicted molar refractivity (Wildman–Crippen MR) is 108 cm³/mol. The van der Waals surface area contributed by atoms with E-state index in [4.69, 9.17) is 0 Å². The molecule has 3 atom stereocenters. The third kappa shape index (κ3) is 3.12. The zero-order valence-corrected chi connectivity index (χ0v) is 16.2. The molecular weight excluding hydrogens is 369 g/mol. The Kier molecular flexibility index (Phi) is 4.23. The van der Waals surface area contributed by atoms with Crippen molar-refractivity contribution in [1.82, 2.24) is 14.9 Å². The number of piperidine rings is 1. The Balaban J connectivity index is 1.42. The summed E-state index contributed by atoms with van der Waals surface area (Å²) < 4.78 is 13.3. The summed E-state index contributed by atoms with van der Waals surface area (Å²) in [4.78, 5) is 34.5. The second-order valence-electron chi connectivity index (χ2n) is 8.20. The first kappa shape index (κ1) is 18.0. The van der Waals surface area contributed by atoms with E-state index in [1.165, 1.54) is 12.1 Å². The number of rotatable bonds is 2. The molecule has 6 heteroatoms. The molecule has 2 bridgehead atoms. The number of carbonyl (C=O) groups is 1. The third-order valence-electron chi connectivity index (χ3n) is 6.38. The van der Waals surface area contributed by atoms with Gasteiger partial charge < -0.3 is 9.88 Å². The minimum Gasteiger partial charge on any atom is -0.333 e. The molecule has 1 aromatic heterocycles. The first-order chi connectivity index (χ1) is 14.0. The van der Waals surface area contributed by atoms with Gasteiger partial charge in [-0.3, -0.25) is 9.59 Å². The molecule has 1 N–H and O–H groups in total. The number of fused-ring (bicyclic) bond motifs is 3. The van der Waals surface area contributed by atoms with Crippen molar-refractivity contribution in [3.8, 4) is 0 Å². The van der Waals surface area contributed by atoms with E-state index in [1.54, 1.807) is 25.1 Å². The SMILES string of the molecule is Cc1nc2cc(C(=O)N3[C@@H]4CC[C@H]3C[C@@H](c3ccc(F)cc3)C4)ccc2c(=O)[nH]1. The maximum atomic E-state index is 13.3. The van der Waals surface area contributed by atoms with Gasteiger partial charge in [0.1, 0.15) is 11.6 Å². The van der Waals surface area contributed by atoms with Crippen molar-refractivity contribution in [2.24, 2.45) is 0 Å². The van der Waals surface area contributed by atoms with Crippen molar-refractivity contribution in [2.45, 2.75) is 50.6 Å². The number of benzene rings is 2. The van der Waals surface area contributed by atoms with Gasteiger partial charge in [-0.05, 0) is 74.4 Å². The zero-order valence-electron chi connectivity index (χ0n) is 16.2. The molecule has 0 aliphatic carbocycles. The quantitative estimate of drug-likeness (QED) is 0.720. The van der Waals surface area contributed by atoms with E-state index in [2.05, 4.69) is 9.97 Å². The fourth-order valence-electron chi connectivity index (χ4n) is 5.05. The van der Waals surface area contributed by atoms with Crippen LogP contribution in [0.4, 0.5) is 4.39 Å². The van der Waals surface area contributed by atoms with Crippen LogP contribution in [0, 0.1) is 12.7 Å². The molecule has 0 unspecified atom stereocenters. The first-order valence-electron chi connectivity index (χ1n) is 10.1. The minimum absolute atomic E-state index is 0.0108. The summed E-state index contributed by atoms with van der Waals surface area (Å²) in [7, 11) is 0. The second kappa shape index (κ2) is 6.79. The van der Waals surface area contributed by atoms with Gasteiger partial charge in [-0.2, -0.15) is 0 Å². The van der Waals surface area contributed by atoms with Crippen molar-refractivity contribution >= 4 is 16.8 Å². The number of hydrogen-bond donors (Lipinski definition) is 1. The van der Waals surface area contributed by atoms with Crippen LogP contribution in [0.5, 0.6) is 0 Å². The van der Waals surface area contributed by atoms with E-state index >= 15 is 0 Å². The molecule has 5 rings (SSSR count). The van der Waals surface area contributed by atoms with Gasteiger partial charge in [0.25, 0.3) is 11.5 Å². The molecule has 0 spiro atoms. The Morgan fingerprint density at radius 1 is 1.10 bits per heavy atom. The standard InChI is InChI=1S/C23H22FN3O2/c1-13-25-21-12-15(4-9-20(21)22(28)26-13)23(29)27-18-7-8-19(27)11-16(10-18)14-2-5-17(24)6-3-14/h2-6,9,12,16,18-19H,7-8,10-11H2,1H3,(H,25,26,28)/t16-,18+,19-. The highest BCUT2D eigenvalue weighted by atomic mass is 19.1. The van der Waals surface area contributed by atoms with Crippen molar-refractivity contribution in [1.29, 1.82) is 0 Å². The van der Waals surface area contributed by atoms with Crippen molar-refractivity contribution in [3.05, 3.63) is 75.6 Å². The van der Waals surface area contributed by atoms with Crippen LogP contribution in [-0.2, 0) is 0 Å². The molecular formula is C23H22FN3O2. The summed E-state index contributed by atoms with van der Waals surface area (Å²) in [6.45, 7) is 1.73. The normalized spacial score (nSPS) is 23.5. The Hall–Kier alpha value is -3.02. The summed E-state index contributed by atoms with van der Waals surface area (Å²) in [6.07, 6.45) is 3.80. The lowest BCUT2D eigenvalue weighted by Gasteiger charge is -2.39. The maximum Gasteiger partial charge on any atom is 0.258 e. The number of aromatic amines is 1. The number of amides is 1. The lowest BCUT2D eigenvalue weighted by molar-refractivity contribution is 0.0571. The molecule has 5 nitrogen and oxygen atoms in total. The highest BCUT2D eigenvalue weighted by Gasteiger charge is 2.43. The van der Waals surface area contributed by atoms with Gasteiger partial charge in [0, 0.05) is 17.6 Å². The van der Waals surface area contributed by atoms with Crippen molar-refractivity contribution in [3.63, 3.8) is 0 Å². The maximum absolute atomic E-state index is 13.3. The Labute approximate surface area is 167 Å². The van der Waals surface area contributed by atoms with Gasteiger partial charge >= 0.3 is 0 Å². The summed E-state index contributed by atoms with van der Waals surface area (Å²) in [5.41, 5.74) is 2.09. The van der Waals surface area contributed by atoms with Crippen LogP contribution in [0.1, 0.15) is 53.3 Å². The molecule has 148 valence electrons. The van der Waals surface area contributed by atoms with Gasteiger partial charge in [0.05, 0.1) is 10.9 Å². The van der Waals surface area contributed by atoms with Gasteiger partial charge in [-0.15, -0.1) is 0 Å². The molecule has 1 amide bonds. The molecule has 3 heterocycles. The van der Waals surface area contributed by atoms with Crippen LogP contribution in [-0.4, -0.2) is 32.9 Å². The van der Waals surface area contributed by atoms with E-state index in [-0.39, 0.29) is 29.4 Å². The Bertz CT molecular complexity index is 1140. The summed E-state index contributed by atoms with van der Waals surface area (Å²) in [5, 5.41) is 0.491. The summed E-state index contributed by atoms with van der Waals surface area (Å²) >= 11 is 0. The highest BCUT2D eigenvalue weighted by molar-refractivity contribution is 5.98. The van der Waals surface area contributed by atoms with Gasteiger partial charge in [0.15, 0.2) is 0 Å². The molecule has 2 saturated heterocycles. The zero-order chi connectivity index (χ0) is 20.1. The lowest BCUT2D eigenvalue weighted by Crippen LogP contribution is -2.46. The molecule has 2 aromatic carbocycles. The second-order valence-corrected chi connectivity index (χ2v) is 8.20. The molecule has 2 aliphatic heterocycles. The fraction of sp³-hybridized carbons (Fsp3) is 0.348. The van der Waals surface area contributed by atoms with Gasteiger partial charge in [0.2, 0.25) is 0 Å². The molecule has 0 saturated carbocycles. The summed E-state index contributed by atoms with van der Waals surface area (Å²) in [5.74, 6) is 0.684. The fourth-order valence-corrected chi connectivity index (χ4v) is 5.05. The summed E-state index contributed by atoms with van der Waals surface area (Å²) in [6, 6.07) is 12.3. The van der Waals surface area contributed by atoms with Crippen LogP contribution >= 0.6 is 0 Å². The van der Waals surface area contributed by atoms with E-state index in [0.717, 1.165) is 31.2 Å². The number of hydrogen-bond acceptors (Lipinski definition) is 3. The Morgan fingerprint density at radius 2 is 1.79 bits per heavy atom. The van der Waals surface area contributed by atoms with Crippen molar-refractivity contribution in [2.75, 3.05) is 0 Å². The number of carbonyl (C=O) groups excluding carboxylic acids is 1. The monoisotopic (exact) mass is 391 g/mol.